The van der Waals surface area contributed by atoms with Gasteiger partial charge in [0.15, 0.2) is 0 Å². The number of carbonyl (C=O) groups is 1. The SMILES string of the molecule is Cc1ccc(N2C[C@@H](NC3CCS(=O)CC3)CC2=O)cc1. The van der Waals surface area contributed by atoms with Gasteiger partial charge in [-0.3, -0.25) is 9.00 Å². The summed E-state index contributed by atoms with van der Waals surface area (Å²) < 4.78 is 11.4. The number of carbonyl (C=O) groups excluding carboxylic acids is 1. The number of hydrogen-bond acceptors (Lipinski definition) is 3. The van der Waals surface area contributed by atoms with Gasteiger partial charge in [-0.25, -0.2) is 0 Å². The molecule has 1 atom stereocenters. The van der Waals surface area contributed by atoms with Crippen molar-refractivity contribution in [3.05, 3.63) is 29.8 Å². The Morgan fingerprint density at radius 2 is 1.81 bits per heavy atom. The zero-order valence-corrected chi connectivity index (χ0v) is 13.2. The number of nitrogens with zero attached hydrogens (tertiary/aromatic N) is 1. The second-order valence-electron chi connectivity index (χ2n) is 6.03. The Bertz CT molecular complexity index is 534. The molecule has 0 radical (unpaired) electrons. The molecule has 3 rings (SSSR count). The lowest BCUT2D eigenvalue weighted by atomic mass is 10.1. The Balaban J connectivity index is 1.59. The highest BCUT2D eigenvalue weighted by atomic mass is 32.2. The van der Waals surface area contributed by atoms with E-state index in [1.807, 2.05) is 36.1 Å². The van der Waals surface area contributed by atoms with E-state index < -0.39 is 10.8 Å². The van der Waals surface area contributed by atoms with Gasteiger partial charge in [0.05, 0.1) is 0 Å². The summed E-state index contributed by atoms with van der Waals surface area (Å²) >= 11 is 0. The molecule has 0 saturated carbocycles. The van der Waals surface area contributed by atoms with Crippen LogP contribution < -0.4 is 10.2 Å². The molecule has 2 aliphatic rings. The molecule has 1 aromatic rings. The molecule has 4 nitrogen and oxygen atoms in total. The van der Waals surface area contributed by atoms with E-state index in [-0.39, 0.29) is 11.9 Å². The van der Waals surface area contributed by atoms with Crippen LogP contribution in [0.3, 0.4) is 0 Å². The highest BCUT2D eigenvalue weighted by molar-refractivity contribution is 7.85. The van der Waals surface area contributed by atoms with Crippen LogP contribution >= 0.6 is 0 Å². The average Bonchev–Trinajstić information content (AvgIpc) is 2.83. The Kier molecular flexibility index (Phi) is 4.40. The van der Waals surface area contributed by atoms with Crippen LogP contribution in [0.25, 0.3) is 0 Å². The summed E-state index contributed by atoms with van der Waals surface area (Å²) in [5.41, 5.74) is 2.19. The lowest BCUT2D eigenvalue weighted by Crippen LogP contribution is -2.43. The molecule has 0 unspecified atom stereocenters. The average molecular weight is 306 g/mol. The van der Waals surface area contributed by atoms with E-state index in [1.165, 1.54) is 5.56 Å². The van der Waals surface area contributed by atoms with Crippen LogP contribution in [0.1, 0.15) is 24.8 Å². The topological polar surface area (TPSA) is 49.4 Å². The first-order valence-corrected chi connectivity index (χ1v) is 9.08. The van der Waals surface area contributed by atoms with Crippen LogP contribution in [0.5, 0.6) is 0 Å². The summed E-state index contributed by atoms with van der Waals surface area (Å²) in [6.45, 7) is 2.79. The summed E-state index contributed by atoms with van der Waals surface area (Å²) in [7, 11) is -0.627. The number of rotatable bonds is 3. The van der Waals surface area contributed by atoms with E-state index in [0.29, 0.717) is 12.5 Å². The van der Waals surface area contributed by atoms with Gasteiger partial charge in [0.2, 0.25) is 5.91 Å². The maximum atomic E-state index is 12.2. The van der Waals surface area contributed by atoms with Crippen LogP contribution in [0, 0.1) is 6.92 Å². The Morgan fingerprint density at radius 1 is 1.14 bits per heavy atom. The van der Waals surface area contributed by atoms with Crippen LogP contribution in [-0.4, -0.2) is 40.3 Å². The largest absolute Gasteiger partial charge is 0.311 e. The van der Waals surface area contributed by atoms with Crippen molar-refractivity contribution in [2.75, 3.05) is 23.0 Å². The van der Waals surface area contributed by atoms with E-state index in [4.69, 9.17) is 0 Å². The van der Waals surface area contributed by atoms with Gasteiger partial charge >= 0.3 is 0 Å². The molecule has 114 valence electrons. The number of aryl methyl sites for hydroxylation is 1. The Morgan fingerprint density at radius 3 is 2.48 bits per heavy atom. The van der Waals surface area contributed by atoms with Crippen molar-refractivity contribution in [1.29, 1.82) is 0 Å². The molecule has 0 aromatic heterocycles. The maximum absolute atomic E-state index is 12.2. The minimum Gasteiger partial charge on any atom is -0.311 e. The molecule has 0 aliphatic carbocycles. The first kappa shape index (κ1) is 14.7. The smallest absolute Gasteiger partial charge is 0.228 e. The van der Waals surface area contributed by atoms with E-state index in [9.17, 15) is 9.00 Å². The molecule has 0 bridgehead atoms. The molecule has 1 aromatic carbocycles. The monoisotopic (exact) mass is 306 g/mol. The van der Waals surface area contributed by atoms with E-state index in [0.717, 1.165) is 36.6 Å². The molecule has 1 amide bonds. The number of nitrogens with one attached hydrogen (secondary N) is 1. The van der Waals surface area contributed by atoms with Crippen molar-refractivity contribution < 1.29 is 9.00 Å². The molecule has 1 N–H and O–H groups in total. The lowest BCUT2D eigenvalue weighted by molar-refractivity contribution is -0.117. The summed E-state index contributed by atoms with van der Waals surface area (Å²) in [4.78, 5) is 14.1. The van der Waals surface area contributed by atoms with Gasteiger partial charge < -0.3 is 10.2 Å². The van der Waals surface area contributed by atoms with Gasteiger partial charge in [-0.1, -0.05) is 17.7 Å². The van der Waals surface area contributed by atoms with Crippen molar-refractivity contribution in [3.63, 3.8) is 0 Å². The van der Waals surface area contributed by atoms with Gasteiger partial charge in [-0.05, 0) is 31.9 Å². The van der Waals surface area contributed by atoms with Crippen molar-refractivity contribution in [2.45, 2.75) is 38.3 Å². The minimum absolute atomic E-state index is 0.190. The fraction of sp³-hybridized carbons (Fsp3) is 0.562. The summed E-state index contributed by atoms with van der Waals surface area (Å²) in [5.74, 6) is 1.77. The molecule has 21 heavy (non-hydrogen) atoms. The third-order valence-electron chi connectivity index (χ3n) is 4.33. The van der Waals surface area contributed by atoms with E-state index in [1.54, 1.807) is 0 Å². The lowest BCUT2D eigenvalue weighted by Gasteiger charge is -2.26. The highest BCUT2D eigenvalue weighted by Crippen LogP contribution is 2.23. The third-order valence-corrected chi connectivity index (χ3v) is 5.71. The van der Waals surface area contributed by atoms with Crippen LogP contribution in [0.15, 0.2) is 24.3 Å². The predicted octanol–water partition coefficient (Wildman–Crippen LogP) is 1.60. The third kappa shape index (κ3) is 3.52. The normalized spacial score (nSPS) is 29.9. The van der Waals surface area contributed by atoms with Crippen molar-refractivity contribution >= 4 is 22.4 Å². The zero-order chi connectivity index (χ0) is 14.8. The Hall–Kier alpha value is -1.20. The van der Waals surface area contributed by atoms with Crippen LogP contribution in [-0.2, 0) is 15.6 Å². The van der Waals surface area contributed by atoms with Gasteiger partial charge in [-0.2, -0.15) is 0 Å². The number of amides is 1. The number of benzene rings is 1. The molecule has 0 spiro atoms. The second kappa shape index (κ2) is 6.28. The zero-order valence-electron chi connectivity index (χ0n) is 12.4. The van der Waals surface area contributed by atoms with Crippen molar-refractivity contribution in [2.24, 2.45) is 0 Å². The fourth-order valence-electron chi connectivity index (χ4n) is 3.09. The van der Waals surface area contributed by atoms with Gasteiger partial charge in [0, 0.05) is 53.0 Å². The van der Waals surface area contributed by atoms with Crippen LogP contribution in [0.4, 0.5) is 5.69 Å². The van der Waals surface area contributed by atoms with Crippen LogP contribution in [0.2, 0.25) is 0 Å². The van der Waals surface area contributed by atoms with E-state index >= 15 is 0 Å². The van der Waals surface area contributed by atoms with Gasteiger partial charge in [0.25, 0.3) is 0 Å². The first-order chi connectivity index (χ1) is 10.1. The molecular weight excluding hydrogens is 284 g/mol. The fourth-order valence-corrected chi connectivity index (χ4v) is 4.39. The number of anilines is 1. The van der Waals surface area contributed by atoms with E-state index in [2.05, 4.69) is 5.32 Å². The quantitative estimate of drug-likeness (QED) is 0.923. The second-order valence-corrected chi connectivity index (χ2v) is 7.73. The molecule has 5 heteroatoms. The molecule has 2 saturated heterocycles. The predicted molar refractivity (Wildman–Crippen MR) is 86.0 cm³/mol. The summed E-state index contributed by atoms with van der Waals surface area (Å²) in [6, 6.07) is 8.74. The first-order valence-electron chi connectivity index (χ1n) is 7.60. The van der Waals surface area contributed by atoms with Crippen molar-refractivity contribution in [1.82, 2.24) is 5.32 Å². The van der Waals surface area contributed by atoms with Gasteiger partial charge in [0.1, 0.15) is 0 Å². The highest BCUT2D eigenvalue weighted by Gasteiger charge is 2.32. The van der Waals surface area contributed by atoms with Crippen molar-refractivity contribution in [3.8, 4) is 0 Å². The number of hydrogen-bond donors (Lipinski definition) is 1. The molecular formula is C16H22N2O2S. The summed E-state index contributed by atoms with van der Waals surface area (Å²) in [6.07, 6.45) is 2.48. The Labute approximate surface area is 128 Å². The minimum atomic E-state index is -0.627. The standard InChI is InChI=1S/C16H22N2O2S/c1-12-2-4-15(5-3-12)18-11-14(10-16(18)19)17-13-6-8-21(20)9-7-13/h2-5,13-14,17H,6-11H2,1H3/t13?,14-,21?/m0/s1. The summed E-state index contributed by atoms with van der Waals surface area (Å²) in [5, 5.41) is 3.58. The molecule has 2 aliphatic heterocycles. The molecule has 2 fully saturated rings. The maximum Gasteiger partial charge on any atom is 0.228 e. The van der Waals surface area contributed by atoms with Gasteiger partial charge in [-0.15, -0.1) is 0 Å². The molecule has 2 heterocycles.